The Hall–Kier alpha value is -3.04. The third-order valence-electron chi connectivity index (χ3n) is 4.92. The second-order valence-corrected chi connectivity index (χ2v) is 8.88. The number of furan rings is 1. The van der Waals surface area contributed by atoms with Gasteiger partial charge in [0, 0.05) is 17.4 Å². The second kappa shape index (κ2) is 8.60. The molecular weight excluding hydrogens is 432 g/mol. The quantitative estimate of drug-likeness (QED) is 0.395. The first-order valence-corrected chi connectivity index (χ1v) is 11.8. The average Bonchev–Trinajstić information content (AvgIpc) is 3.56. The molecule has 9 heteroatoms. The molecule has 1 unspecified atom stereocenters. The fourth-order valence-electron chi connectivity index (χ4n) is 3.52. The van der Waals surface area contributed by atoms with Gasteiger partial charge in [-0.05, 0) is 42.6 Å². The maximum Gasteiger partial charge on any atom is 0.253 e. The normalized spacial score (nSPS) is 16.1. The van der Waals surface area contributed by atoms with Gasteiger partial charge in [-0.2, -0.15) is 5.10 Å². The minimum atomic E-state index is -0.113. The molecule has 5 rings (SSSR count). The number of hydrogen-bond acceptors (Lipinski definition) is 7. The number of ether oxygens (including phenoxy) is 1. The molecule has 1 N–H and O–H groups in total. The summed E-state index contributed by atoms with van der Waals surface area (Å²) in [6, 6.07) is 13.4. The van der Waals surface area contributed by atoms with Crippen LogP contribution >= 0.6 is 23.1 Å². The minimum Gasteiger partial charge on any atom is -0.494 e. The maximum atomic E-state index is 13.1. The number of carbonyl (C=O) groups is 1. The lowest BCUT2D eigenvalue weighted by Crippen LogP contribution is -2.28. The van der Waals surface area contributed by atoms with E-state index >= 15 is 0 Å². The number of fused-ring (bicyclic) bond motifs is 1. The summed E-state index contributed by atoms with van der Waals surface area (Å²) >= 11 is 3.00. The van der Waals surface area contributed by atoms with Crippen LogP contribution in [0.15, 0.2) is 68.8 Å². The van der Waals surface area contributed by atoms with Crippen molar-refractivity contribution in [2.45, 2.75) is 24.5 Å². The zero-order valence-corrected chi connectivity index (χ0v) is 18.4. The molecule has 3 aromatic heterocycles. The Balaban J connectivity index is 1.32. The van der Waals surface area contributed by atoms with Crippen molar-refractivity contribution in [1.29, 1.82) is 0 Å². The van der Waals surface area contributed by atoms with Crippen LogP contribution in [0, 0.1) is 0 Å². The molecule has 1 amide bonds. The van der Waals surface area contributed by atoms with Gasteiger partial charge in [-0.15, -0.1) is 11.3 Å². The van der Waals surface area contributed by atoms with E-state index in [1.165, 1.54) is 11.8 Å². The molecule has 4 heterocycles. The molecule has 0 bridgehead atoms. The number of hydrogen-bond donors (Lipinski definition) is 1. The van der Waals surface area contributed by atoms with Gasteiger partial charge in [0.2, 0.25) is 0 Å². The Kier molecular flexibility index (Phi) is 5.52. The summed E-state index contributed by atoms with van der Waals surface area (Å²) in [6.45, 7) is 2.56. The highest BCUT2D eigenvalue weighted by molar-refractivity contribution is 7.99. The second-order valence-electron chi connectivity index (χ2n) is 6.94. The van der Waals surface area contributed by atoms with E-state index in [0.717, 1.165) is 27.4 Å². The SMILES string of the molecule is CCOc1ccc2nc(SCC(=O)N3N=C(c4ccco4)CC3c3cccs3)[nH]c2c1. The van der Waals surface area contributed by atoms with Crippen molar-refractivity contribution in [1.82, 2.24) is 15.0 Å². The molecule has 0 aliphatic carbocycles. The Bertz CT molecular complexity index is 1220. The molecule has 1 aromatic carbocycles. The van der Waals surface area contributed by atoms with E-state index in [0.29, 0.717) is 23.9 Å². The number of imidazole rings is 1. The summed E-state index contributed by atoms with van der Waals surface area (Å²) in [5.41, 5.74) is 2.51. The molecule has 0 fully saturated rings. The molecule has 0 saturated heterocycles. The lowest BCUT2D eigenvalue weighted by atomic mass is 10.1. The highest BCUT2D eigenvalue weighted by Crippen LogP contribution is 2.36. The van der Waals surface area contributed by atoms with Crippen molar-refractivity contribution in [3.63, 3.8) is 0 Å². The lowest BCUT2D eigenvalue weighted by Gasteiger charge is -2.20. The molecule has 1 aliphatic rings. The standard InChI is InChI=1S/C22H20N4O3S2/c1-2-28-14-7-8-15-16(11-14)24-22(23-15)31-13-21(27)26-18(20-6-4-10-30-20)12-17(25-26)19-5-3-9-29-19/h3-11,18H,2,12-13H2,1H3,(H,23,24). The van der Waals surface area contributed by atoms with Gasteiger partial charge in [0.25, 0.3) is 5.91 Å². The van der Waals surface area contributed by atoms with Gasteiger partial charge < -0.3 is 14.1 Å². The third-order valence-corrected chi connectivity index (χ3v) is 6.75. The molecular formula is C22H20N4O3S2. The number of thioether (sulfide) groups is 1. The fourth-order valence-corrected chi connectivity index (χ4v) is 5.07. The number of nitrogens with one attached hydrogen (secondary N) is 1. The Morgan fingerprint density at radius 2 is 2.29 bits per heavy atom. The Labute approximate surface area is 187 Å². The van der Waals surface area contributed by atoms with Crippen LogP contribution in [0.25, 0.3) is 11.0 Å². The number of benzene rings is 1. The van der Waals surface area contributed by atoms with E-state index in [4.69, 9.17) is 9.15 Å². The van der Waals surface area contributed by atoms with Crippen molar-refractivity contribution >= 4 is 45.8 Å². The van der Waals surface area contributed by atoms with Gasteiger partial charge in [-0.1, -0.05) is 17.8 Å². The van der Waals surface area contributed by atoms with Crippen LogP contribution in [0.5, 0.6) is 5.75 Å². The topological polar surface area (TPSA) is 83.7 Å². The summed E-state index contributed by atoms with van der Waals surface area (Å²) in [5.74, 6) is 1.66. The number of H-pyrrole nitrogens is 1. The molecule has 0 saturated carbocycles. The minimum absolute atomic E-state index is 0.0691. The highest BCUT2D eigenvalue weighted by Gasteiger charge is 2.34. The molecule has 31 heavy (non-hydrogen) atoms. The van der Waals surface area contributed by atoms with Crippen molar-refractivity contribution in [3.8, 4) is 5.75 Å². The van der Waals surface area contributed by atoms with E-state index in [1.807, 2.05) is 54.8 Å². The number of carbonyl (C=O) groups excluding carboxylic acids is 1. The molecule has 4 aromatic rings. The third kappa shape index (κ3) is 4.11. The van der Waals surface area contributed by atoms with Crippen LogP contribution in [0.2, 0.25) is 0 Å². The number of amides is 1. The molecule has 0 radical (unpaired) electrons. The maximum absolute atomic E-state index is 13.1. The van der Waals surface area contributed by atoms with Crippen LogP contribution in [-0.4, -0.2) is 39.0 Å². The number of aromatic amines is 1. The van der Waals surface area contributed by atoms with Gasteiger partial charge in [0.1, 0.15) is 17.2 Å². The van der Waals surface area contributed by atoms with Crippen LogP contribution in [0.1, 0.15) is 30.0 Å². The largest absolute Gasteiger partial charge is 0.494 e. The number of nitrogens with zero attached hydrogens (tertiary/aromatic N) is 3. The van der Waals surface area contributed by atoms with Crippen LogP contribution in [-0.2, 0) is 4.79 Å². The summed E-state index contributed by atoms with van der Waals surface area (Å²) in [7, 11) is 0. The van der Waals surface area contributed by atoms with Crippen molar-refractivity contribution in [2.75, 3.05) is 12.4 Å². The van der Waals surface area contributed by atoms with Gasteiger partial charge in [0.05, 0.1) is 35.7 Å². The summed E-state index contributed by atoms with van der Waals surface area (Å²) in [4.78, 5) is 22.0. The van der Waals surface area contributed by atoms with Crippen molar-refractivity contribution < 1.29 is 13.9 Å². The number of thiophene rings is 1. The zero-order valence-electron chi connectivity index (χ0n) is 16.8. The fraction of sp³-hybridized carbons (Fsp3) is 0.227. The predicted molar refractivity (Wildman–Crippen MR) is 122 cm³/mol. The Morgan fingerprint density at radius 3 is 3.06 bits per heavy atom. The van der Waals surface area contributed by atoms with E-state index in [9.17, 15) is 4.79 Å². The van der Waals surface area contributed by atoms with Crippen LogP contribution < -0.4 is 4.74 Å². The predicted octanol–water partition coefficient (Wildman–Crippen LogP) is 5.09. The zero-order chi connectivity index (χ0) is 21.2. The molecule has 158 valence electrons. The van der Waals surface area contributed by atoms with E-state index in [1.54, 1.807) is 22.6 Å². The van der Waals surface area contributed by atoms with E-state index in [2.05, 4.69) is 15.1 Å². The summed E-state index contributed by atoms with van der Waals surface area (Å²) in [5, 5.41) is 8.91. The van der Waals surface area contributed by atoms with E-state index < -0.39 is 0 Å². The average molecular weight is 453 g/mol. The summed E-state index contributed by atoms with van der Waals surface area (Å²) in [6.07, 6.45) is 2.26. The van der Waals surface area contributed by atoms with Gasteiger partial charge in [0.15, 0.2) is 5.16 Å². The highest BCUT2D eigenvalue weighted by atomic mass is 32.2. The van der Waals surface area contributed by atoms with Crippen molar-refractivity contribution in [3.05, 3.63) is 64.7 Å². The molecule has 0 spiro atoms. The van der Waals surface area contributed by atoms with Crippen molar-refractivity contribution in [2.24, 2.45) is 5.10 Å². The van der Waals surface area contributed by atoms with Crippen LogP contribution in [0.3, 0.4) is 0 Å². The van der Waals surface area contributed by atoms with Crippen LogP contribution in [0.4, 0.5) is 0 Å². The van der Waals surface area contributed by atoms with E-state index in [-0.39, 0.29) is 17.7 Å². The Morgan fingerprint density at radius 1 is 1.35 bits per heavy atom. The number of aromatic nitrogens is 2. The first-order chi connectivity index (χ1) is 15.2. The number of hydrazone groups is 1. The van der Waals surface area contributed by atoms with Gasteiger partial charge in [-0.3, -0.25) is 4.79 Å². The lowest BCUT2D eigenvalue weighted by molar-refractivity contribution is -0.130. The molecule has 1 atom stereocenters. The smallest absolute Gasteiger partial charge is 0.253 e. The van der Waals surface area contributed by atoms with Gasteiger partial charge >= 0.3 is 0 Å². The molecule has 1 aliphatic heterocycles. The first kappa shape index (κ1) is 19.9. The summed E-state index contributed by atoms with van der Waals surface area (Å²) < 4.78 is 11.0. The first-order valence-electron chi connectivity index (χ1n) is 9.93. The van der Waals surface area contributed by atoms with Gasteiger partial charge in [-0.25, -0.2) is 9.99 Å². The molecule has 7 nitrogen and oxygen atoms in total. The monoisotopic (exact) mass is 452 g/mol. The number of rotatable bonds is 7.